The van der Waals surface area contributed by atoms with E-state index in [9.17, 15) is 14.0 Å². The quantitative estimate of drug-likeness (QED) is 0.929. The van der Waals surface area contributed by atoms with Gasteiger partial charge in [-0.25, -0.2) is 4.39 Å². The van der Waals surface area contributed by atoms with Gasteiger partial charge in [0.1, 0.15) is 5.82 Å². The third kappa shape index (κ3) is 4.21. The van der Waals surface area contributed by atoms with E-state index in [0.29, 0.717) is 32.5 Å². The molecule has 6 heteroatoms. The van der Waals surface area contributed by atoms with Gasteiger partial charge in [-0.2, -0.15) is 0 Å². The zero-order valence-corrected chi connectivity index (χ0v) is 13.8. The van der Waals surface area contributed by atoms with E-state index in [1.165, 1.54) is 12.1 Å². The lowest BCUT2D eigenvalue weighted by molar-refractivity contribution is -0.126. The molecule has 0 saturated carbocycles. The van der Waals surface area contributed by atoms with E-state index in [0.717, 1.165) is 5.56 Å². The number of hydrogen-bond acceptors (Lipinski definition) is 3. The van der Waals surface area contributed by atoms with Crippen molar-refractivity contribution < 1.29 is 14.0 Å². The van der Waals surface area contributed by atoms with Gasteiger partial charge in [-0.05, 0) is 42.7 Å². The van der Waals surface area contributed by atoms with Gasteiger partial charge in [0.25, 0.3) is 5.91 Å². The van der Waals surface area contributed by atoms with Crippen LogP contribution in [-0.4, -0.2) is 34.8 Å². The number of nitrogens with one attached hydrogen (secondary N) is 1. The van der Waals surface area contributed by atoms with Crippen molar-refractivity contribution in [2.24, 2.45) is 5.92 Å². The number of carbonyl (C=O) groups excluding carboxylic acids is 2. The van der Waals surface area contributed by atoms with Crippen molar-refractivity contribution in [1.29, 1.82) is 0 Å². The molecule has 0 unspecified atom stereocenters. The van der Waals surface area contributed by atoms with Gasteiger partial charge in [0.2, 0.25) is 5.91 Å². The number of pyridine rings is 1. The molecule has 0 spiro atoms. The first kappa shape index (κ1) is 17.1. The lowest BCUT2D eigenvalue weighted by Gasteiger charge is -2.31. The number of nitrogens with zero attached hydrogens (tertiary/aromatic N) is 2. The van der Waals surface area contributed by atoms with Gasteiger partial charge in [0.15, 0.2) is 0 Å². The number of carbonyl (C=O) groups is 2. The summed E-state index contributed by atoms with van der Waals surface area (Å²) >= 11 is 0. The summed E-state index contributed by atoms with van der Waals surface area (Å²) in [6.07, 6.45) is 4.55. The van der Waals surface area contributed by atoms with Crippen molar-refractivity contribution in [3.05, 3.63) is 65.7 Å². The van der Waals surface area contributed by atoms with Crippen molar-refractivity contribution in [1.82, 2.24) is 15.2 Å². The summed E-state index contributed by atoms with van der Waals surface area (Å²) < 4.78 is 13.7. The molecule has 0 radical (unpaired) electrons. The molecule has 25 heavy (non-hydrogen) atoms. The van der Waals surface area contributed by atoms with Crippen molar-refractivity contribution >= 4 is 11.8 Å². The first-order valence-electron chi connectivity index (χ1n) is 8.35. The van der Waals surface area contributed by atoms with Gasteiger partial charge >= 0.3 is 0 Å². The number of halogens is 1. The Labute approximate surface area is 145 Å². The van der Waals surface area contributed by atoms with E-state index < -0.39 is 5.82 Å². The number of aromatic nitrogens is 1. The molecule has 1 fully saturated rings. The molecular formula is C19H20FN3O2. The number of hydrogen-bond donors (Lipinski definition) is 1. The summed E-state index contributed by atoms with van der Waals surface area (Å²) in [6, 6.07) is 9.70. The molecular weight excluding hydrogens is 321 g/mol. The van der Waals surface area contributed by atoms with Crippen LogP contribution < -0.4 is 5.32 Å². The molecule has 2 amide bonds. The smallest absolute Gasteiger partial charge is 0.256 e. The fourth-order valence-electron chi connectivity index (χ4n) is 2.98. The fourth-order valence-corrected chi connectivity index (χ4v) is 2.98. The summed E-state index contributed by atoms with van der Waals surface area (Å²) in [5.41, 5.74) is 1.08. The normalized spacial score (nSPS) is 15.0. The van der Waals surface area contributed by atoms with Crippen LogP contribution in [0.5, 0.6) is 0 Å². The minimum Gasteiger partial charge on any atom is -0.352 e. The minimum atomic E-state index is -0.510. The van der Waals surface area contributed by atoms with Crippen LogP contribution in [-0.2, 0) is 11.3 Å². The zero-order chi connectivity index (χ0) is 17.6. The Hall–Kier alpha value is -2.76. The van der Waals surface area contributed by atoms with E-state index in [-0.39, 0.29) is 23.3 Å². The number of likely N-dealkylation sites (tertiary alicyclic amines) is 1. The topological polar surface area (TPSA) is 62.3 Å². The maximum Gasteiger partial charge on any atom is 0.256 e. The fraction of sp³-hybridized carbons (Fsp3) is 0.316. The first-order chi connectivity index (χ1) is 12.1. The highest BCUT2D eigenvalue weighted by molar-refractivity contribution is 5.94. The summed E-state index contributed by atoms with van der Waals surface area (Å²) in [6.45, 7) is 1.39. The standard InChI is InChI=1S/C19H20FN3O2/c20-17-4-2-1-3-16(17)19(25)23-11-7-15(8-12-23)18(24)22-13-14-5-9-21-10-6-14/h1-6,9-10,15H,7-8,11-13H2,(H,22,24). The maximum absolute atomic E-state index is 13.7. The predicted molar refractivity (Wildman–Crippen MR) is 91.1 cm³/mol. The Morgan fingerprint density at radius 3 is 2.48 bits per heavy atom. The molecule has 1 N–H and O–H groups in total. The highest BCUT2D eigenvalue weighted by Gasteiger charge is 2.28. The van der Waals surface area contributed by atoms with Gasteiger partial charge in [-0.15, -0.1) is 0 Å². The molecule has 130 valence electrons. The maximum atomic E-state index is 13.7. The molecule has 1 aromatic carbocycles. The van der Waals surface area contributed by atoms with Crippen molar-refractivity contribution in [3.8, 4) is 0 Å². The van der Waals surface area contributed by atoms with Gasteiger partial charge in [0.05, 0.1) is 5.56 Å². The Bertz CT molecular complexity index is 743. The molecule has 5 nitrogen and oxygen atoms in total. The second kappa shape index (κ2) is 7.88. The summed E-state index contributed by atoms with van der Waals surface area (Å²) in [5, 5.41) is 2.92. The Balaban J connectivity index is 1.50. The number of rotatable bonds is 4. The van der Waals surface area contributed by atoms with Crippen LogP contribution in [0.25, 0.3) is 0 Å². The van der Waals surface area contributed by atoms with Crippen LogP contribution in [0.1, 0.15) is 28.8 Å². The van der Waals surface area contributed by atoms with E-state index in [1.54, 1.807) is 29.4 Å². The number of piperidine rings is 1. The lowest BCUT2D eigenvalue weighted by Crippen LogP contribution is -2.43. The van der Waals surface area contributed by atoms with Gasteiger partial charge < -0.3 is 10.2 Å². The second-order valence-electron chi connectivity index (χ2n) is 6.12. The molecule has 2 heterocycles. The third-order valence-corrected chi connectivity index (χ3v) is 4.47. The van der Waals surface area contributed by atoms with E-state index in [1.807, 2.05) is 12.1 Å². The van der Waals surface area contributed by atoms with Crippen LogP contribution in [0, 0.1) is 11.7 Å². The molecule has 1 aromatic heterocycles. The van der Waals surface area contributed by atoms with Crippen LogP contribution >= 0.6 is 0 Å². The number of amides is 2. The average Bonchev–Trinajstić information content (AvgIpc) is 2.67. The minimum absolute atomic E-state index is 0.00481. The summed E-state index contributed by atoms with van der Waals surface area (Å²) in [7, 11) is 0. The van der Waals surface area contributed by atoms with Crippen LogP contribution in [0.4, 0.5) is 4.39 Å². The first-order valence-corrected chi connectivity index (χ1v) is 8.35. The molecule has 0 atom stereocenters. The predicted octanol–water partition coefficient (Wildman–Crippen LogP) is 2.39. The van der Waals surface area contributed by atoms with Crippen molar-refractivity contribution in [3.63, 3.8) is 0 Å². The summed E-state index contributed by atoms with van der Waals surface area (Å²) in [5.74, 6) is -0.945. The second-order valence-corrected chi connectivity index (χ2v) is 6.12. The van der Waals surface area contributed by atoms with Crippen LogP contribution in [0.2, 0.25) is 0 Å². The van der Waals surface area contributed by atoms with E-state index in [2.05, 4.69) is 10.3 Å². The highest BCUT2D eigenvalue weighted by Crippen LogP contribution is 2.20. The third-order valence-electron chi connectivity index (χ3n) is 4.47. The van der Waals surface area contributed by atoms with Gasteiger partial charge in [-0.3, -0.25) is 14.6 Å². The van der Waals surface area contributed by atoms with Crippen LogP contribution in [0.3, 0.4) is 0 Å². The van der Waals surface area contributed by atoms with Crippen LogP contribution in [0.15, 0.2) is 48.8 Å². The van der Waals surface area contributed by atoms with Crippen molar-refractivity contribution in [2.45, 2.75) is 19.4 Å². The Morgan fingerprint density at radius 1 is 1.12 bits per heavy atom. The number of benzene rings is 1. The molecule has 1 aliphatic rings. The molecule has 3 rings (SSSR count). The Morgan fingerprint density at radius 2 is 1.80 bits per heavy atom. The largest absolute Gasteiger partial charge is 0.352 e. The average molecular weight is 341 g/mol. The highest BCUT2D eigenvalue weighted by atomic mass is 19.1. The molecule has 1 aliphatic heterocycles. The SMILES string of the molecule is O=C(NCc1ccncc1)C1CCN(C(=O)c2ccccc2F)CC1. The lowest BCUT2D eigenvalue weighted by atomic mass is 9.95. The molecule has 2 aromatic rings. The zero-order valence-electron chi connectivity index (χ0n) is 13.8. The molecule has 0 bridgehead atoms. The van der Waals surface area contributed by atoms with Gasteiger partial charge in [-0.1, -0.05) is 12.1 Å². The molecule has 1 saturated heterocycles. The Kier molecular flexibility index (Phi) is 5.38. The van der Waals surface area contributed by atoms with Gasteiger partial charge in [0, 0.05) is 37.9 Å². The van der Waals surface area contributed by atoms with E-state index in [4.69, 9.17) is 0 Å². The summed E-state index contributed by atoms with van der Waals surface area (Å²) in [4.78, 5) is 30.2. The van der Waals surface area contributed by atoms with E-state index >= 15 is 0 Å². The van der Waals surface area contributed by atoms with Crippen molar-refractivity contribution in [2.75, 3.05) is 13.1 Å². The molecule has 0 aliphatic carbocycles. The monoisotopic (exact) mass is 341 g/mol.